The Morgan fingerprint density at radius 3 is 2.71 bits per heavy atom. The Morgan fingerprint density at radius 1 is 1.43 bits per heavy atom. The number of anilines is 3. The molecule has 1 aromatic rings. The Bertz CT molecular complexity index is 284. The molecule has 4 N–H and O–H groups in total. The molecule has 1 heterocycles. The molecule has 14 heavy (non-hydrogen) atoms. The van der Waals surface area contributed by atoms with Crippen molar-refractivity contribution in [3.63, 3.8) is 0 Å². The Hall–Kier alpha value is -1.17. The van der Waals surface area contributed by atoms with E-state index in [0.29, 0.717) is 5.82 Å². The summed E-state index contributed by atoms with van der Waals surface area (Å²) in [6, 6.07) is 1.72. The van der Waals surface area contributed by atoms with Gasteiger partial charge in [-0.3, -0.25) is 0 Å². The molecule has 0 spiro atoms. The lowest BCUT2D eigenvalue weighted by atomic mass is 10.5. The van der Waals surface area contributed by atoms with E-state index >= 15 is 0 Å². The summed E-state index contributed by atoms with van der Waals surface area (Å²) in [5, 5.41) is 0. The van der Waals surface area contributed by atoms with E-state index in [4.69, 9.17) is 11.5 Å². The number of nitrogens with zero attached hydrogens (tertiary/aromatic N) is 3. The highest BCUT2D eigenvalue weighted by Crippen LogP contribution is 2.13. The molecule has 0 aliphatic carbocycles. The van der Waals surface area contributed by atoms with Gasteiger partial charge >= 0.3 is 0 Å². The molecule has 0 saturated heterocycles. The number of nitrogens with two attached hydrogens (primary N) is 2. The highest BCUT2D eigenvalue weighted by Gasteiger charge is 2.04. The first-order valence-electron chi connectivity index (χ1n) is 4.23. The van der Waals surface area contributed by atoms with Gasteiger partial charge < -0.3 is 16.4 Å². The number of thioether (sulfide) groups is 1. The molecule has 0 saturated carbocycles. The van der Waals surface area contributed by atoms with Gasteiger partial charge in [0, 0.05) is 25.4 Å². The van der Waals surface area contributed by atoms with Crippen LogP contribution in [0.1, 0.15) is 0 Å². The van der Waals surface area contributed by atoms with Gasteiger partial charge in [0.1, 0.15) is 11.6 Å². The van der Waals surface area contributed by atoms with E-state index in [1.807, 2.05) is 11.9 Å². The molecule has 78 valence electrons. The Balaban J connectivity index is 2.73. The highest BCUT2D eigenvalue weighted by atomic mass is 32.2. The SMILES string of the molecule is CSCCN(C)c1cc(N)nc(N)n1. The van der Waals surface area contributed by atoms with Crippen molar-refractivity contribution in [1.29, 1.82) is 0 Å². The van der Waals surface area contributed by atoms with Crippen molar-refractivity contribution in [2.45, 2.75) is 0 Å². The molecule has 0 amide bonds. The Kier molecular flexibility index (Phi) is 3.82. The first-order valence-corrected chi connectivity index (χ1v) is 5.63. The maximum Gasteiger partial charge on any atom is 0.223 e. The zero-order valence-corrected chi connectivity index (χ0v) is 9.21. The summed E-state index contributed by atoms with van der Waals surface area (Å²) in [6.07, 6.45) is 2.07. The molecule has 1 rings (SSSR count). The number of nitrogen functional groups attached to an aromatic ring is 2. The fraction of sp³-hybridized carbons (Fsp3) is 0.500. The fourth-order valence-electron chi connectivity index (χ4n) is 1.01. The summed E-state index contributed by atoms with van der Waals surface area (Å²) in [5.74, 6) is 2.43. The second kappa shape index (κ2) is 4.90. The van der Waals surface area contributed by atoms with Gasteiger partial charge in [0.25, 0.3) is 0 Å². The van der Waals surface area contributed by atoms with Gasteiger partial charge in [0.2, 0.25) is 5.95 Å². The molecule has 0 fully saturated rings. The second-order valence-corrected chi connectivity index (χ2v) is 3.91. The standard InChI is InChI=1S/C8H15N5S/c1-13(3-4-14-2)7-5-6(9)11-8(10)12-7/h5H,3-4H2,1-2H3,(H4,9,10,11,12). The Morgan fingerprint density at radius 2 is 2.14 bits per heavy atom. The lowest BCUT2D eigenvalue weighted by Crippen LogP contribution is -2.22. The number of rotatable bonds is 4. The third-order valence-corrected chi connectivity index (χ3v) is 2.36. The molecule has 0 aliphatic rings. The fourth-order valence-corrected chi connectivity index (χ4v) is 1.47. The van der Waals surface area contributed by atoms with Gasteiger partial charge in [-0.25, -0.2) is 0 Å². The minimum absolute atomic E-state index is 0.219. The minimum atomic E-state index is 0.219. The van der Waals surface area contributed by atoms with Crippen LogP contribution in [0.15, 0.2) is 6.07 Å². The van der Waals surface area contributed by atoms with Crippen LogP contribution in [0.3, 0.4) is 0 Å². The van der Waals surface area contributed by atoms with Crippen LogP contribution < -0.4 is 16.4 Å². The van der Waals surface area contributed by atoms with E-state index in [0.717, 1.165) is 18.1 Å². The molecule has 0 bridgehead atoms. The van der Waals surface area contributed by atoms with Crippen LogP contribution in [0.2, 0.25) is 0 Å². The van der Waals surface area contributed by atoms with Crippen molar-refractivity contribution >= 4 is 29.3 Å². The molecule has 5 nitrogen and oxygen atoms in total. The summed E-state index contributed by atoms with van der Waals surface area (Å²) < 4.78 is 0. The molecular formula is C8H15N5S. The lowest BCUT2D eigenvalue weighted by molar-refractivity contribution is 0.942. The zero-order valence-electron chi connectivity index (χ0n) is 8.40. The third-order valence-electron chi connectivity index (χ3n) is 1.77. The number of hydrogen-bond acceptors (Lipinski definition) is 6. The monoisotopic (exact) mass is 213 g/mol. The molecular weight excluding hydrogens is 198 g/mol. The first kappa shape index (κ1) is 10.9. The van der Waals surface area contributed by atoms with Crippen LogP contribution in [-0.2, 0) is 0 Å². The van der Waals surface area contributed by atoms with E-state index < -0.39 is 0 Å². The van der Waals surface area contributed by atoms with Crippen LogP contribution in [0.25, 0.3) is 0 Å². The highest BCUT2D eigenvalue weighted by molar-refractivity contribution is 7.98. The summed E-state index contributed by atoms with van der Waals surface area (Å²) in [4.78, 5) is 9.90. The lowest BCUT2D eigenvalue weighted by Gasteiger charge is -2.17. The van der Waals surface area contributed by atoms with Crippen molar-refractivity contribution in [2.75, 3.05) is 42.0 Å². The van der Waals surface area contributed by atoms with E-state index in [9.17, 15) is 0 Å². The van der Waals surface area contributed by atoms with Gasteiger partial charge in [-0.15, -0.1) is 0 Å². The summed E-state index contributed by atoms with van der Waals surface area (Å²) in [5.41, 5.74) is 11.1. The largest absolute Gasteiger partial charge is 0.383 e. The number of hydrogen-bond donors (Lipinski definition) is 2. The molecule has 6 heteroatoms. The van der Waals surface area contributed by atoms with Crippen molar-refractivity contribution in [3.05, 3.63) is 6.07 Å². The summed E-state index contributed by atoms with van der Waals surface area (Å²) >= 11 is 1.79. The van der Waals surface area contributed by atoms with Crippen LogP contribution >= 0.6 is 11.8 Å². The van der Waals surface area contributed by atoms with Crippen LogP contribution in [0.5, 0.6) is 0 Å². The maximum atomic E-state index is 5.56. The zero-order chi connectivity index (χ0) is 10.6. The van der Waals surface area contributed by atoms with Crippen molar-refractivity contribution in [2.24, 2.45) is 0 Å². The average Bonchev–Trinajstić information content (AvgIpc) is 2.12. The summed E-state index contributed by atoms with van der Waals surface area (Å²) in [7, 11) is 1.96. The van der Waals surface area contributed by atoms with Gasteiger partial charge in [0.05, 0.1) is 0 Å². The quantitative estimate of drug-likeness (QED) is 0.755. The maximum absolute atomic E-state index is 5.56. The second-order valence-electron chi connectivity index (χ2n) is 2.92. The smallest absolute Gasteiger partial charge is 0.223 e. The van der Waals surface area contributed by atoms with Gasteiger partial charge in [-0.2, -0.15) is 21.7 Å². The minimum Gasteiger partial charge on any atom is -0.383 e. The molecule has 0 radical (unpaired) electrons. The van der Waals surface area contributed by atoms with Crippen LogP contribution in [-0.4, -0.2) is 35.6 Å². The van der Waals surface area contributed by atoms with E-state index in [1.165, 1.54) is 0 Å². The topological polar surface area (TPSA) is 81.1 Å². The summed E-state index contributed by atoms with van der Waals surface area (Å²) in [6.45, 7) is 0.914. The van der Waals surface area contributed by atoms with Crippen molar-refractivity contribution < 1.29 is 0 Å². The van der Waals surface area contributed by atoms with Gasteiger partial charge in [-0.05, 0) is 6.26 Å². The molecule has 0 atom stereocenters. The molecule has 0 aliphatic heterocycles. The van der Waals surface area contributed by atoms with Gasteiger partial charge in [0.15, 0.2) is 0 Å². The van der Waals surface area contributed by atoms with Crippen molar-refractivity contribution in [3.8, 4) is 0 Å². The van der Waals surface area contributed by atoms with Crippen LogP contribution in [0.4, 0.5) is 17.6 Å². The Labute approximate surface area is 87.9 Å². The predicted molar refractivity (Wildman–Crippen MR) is 62.5 cm³/mol. The number of aromatic nitrogens is 2. The van der Waals surface area contributed by atoms with E-state index in [-0.39, 0.29) is 5.95 Å². The van der Waals surface area contributed by atoms with E-state index in [2.05, 4.69) is 16.2 Å². The average molecular weight is 213 g/mol. The predicted octanol–water partition coefficient (Wildman–Crippen LogP) is 0.440. The van der Waals surface area contributed by atoms with Crippen LogP contribution in [0, 0.1) is 0 Å². The van der Waals surface area contributed by atoms with Gasteiger partial charge in [-0.1, -0.05) is 0 Å². The third kappa shape index (κ3) is 2.95. The van der Waals surface area contributed by atoms with E-state index in [1.54, 1.807) is 17.8 Å². The first-order chi connectivity index (χ1) is 6.63. The normalized spacial score (nSPS) is 10.1. The molecule has 0 unspecified atom stereocenters. The van der Waals surface area contributed by atoms with Crippen molar-refractivity contribution in [1.82, 2.24) is 9.97 Å². The molecule has 0 aromatic carbocycles. The molecule has 1 aromatic heterocycles.